The van der Waals surface area contributed by atoms with E-state index in [1.807, 2.05) is 48.2 Å². The van der Waals surface area contributed by atoms with Crippen LogP contribution in [-0.2, 0) is 26.2 Å². The van der Waals surface area contributed by atoms with Gasteiger partial charge in [-0.1, -0.05) is 117 Å². The van der Waals surface area contributed by atoms with Gasteiger partial charge in [0.2, 0.25) is 0 Å². The summed E-state index contributed by atoms with van der Waals surface area (Å²) >= 11 is 4.66. The van der Waals surface area contributed by atoms with Gasteiger partial charge in [0.05, 0.1) is 24.5 Å². The van der Waals surface area contributed by atoms with Gasteiger partial charge < -0.3 is 0 Å². The molecule has 0 unspecified atom stereocenters. The van der Waals surface area contributed by atoms with Crippen LogP contribution >= 0.6 is 45.2 Å². The summed E-state index contributed by atoms with van der Waals surface area (Å²) in [6.07, 6.45) is 7.86. The van der Waals surface area contributed by atoms with E-state index in [1.165, 1.54) is 16.7 Å². The van der Waals surface area contributed by atoms with Crippen LogP contribution < -0.4 is 0 Å². The molecule has 1 aliphatic heterocycles. The van der Waals surface area contributed by atoms with Crippen LogP contribution in [0.4, 0.5) is 0 Å². The van der Waals surface area contributed by atoms with Crippen molar-refractivity contribution < 1.29 is 0 Å². The highest BCUT2D eigenvalue weighted by molar-refractivity contribution is 14.1. The molecule has 258 valence electrons. The Morgan fingerprint density at radius 2 is 1.10 bits per heavy atom. The highest BCUT2D eigenvalue weighted by Gasteiger charge is 2.40. The van der Waals surface area contributed by atoms with E-state index in [1.54, 1.807) is 0 Å². The number of benzene rings is 5. The highest BCUT2D eigenvalue weighted by Crippen LogP contribution is 2.43. The normalized spacial score (nSPS) is 12.1. The number of hydrogen-bond acceptors (Lipinski definition) is 4. The fourth-order valence-electron chi connectivity index (χ4n) is 6.89. The van der Waals surface area contributed by atoms with Crippen LogP contribution in [0.2, 0.25) is 0 Å². The van der Waals surface area contributed by atoms with E-state index in [-0.39, 0.29) is 7.43 Å². The first-order valence-electron chi connectivity index (χ1n) is 16.6. The predicted molar refractivity (Wildman–Crippen MR) is 229 cm³/mol. The fraction of sp³-hybridized carbons (Fsp3) is 0.116. The van der Waals surface area contributed by atoms with Gasteiger partial charge in [0.1, 0.15) is 13.0 Å². The van der Waals surface area contributed by atoms with Gasteiger partial charge in [0, 0.05) is 48.6 Å². The molecule has 0 N–H and O–H groups in total. The molecular formula is C43H37I2N7. The van der Waals surface area contributed by atoms with Crippen LogP contribution in [0.1, 0.15) is 35.2 Å². The number of fused-ring (bicyclic) bond motifs is 2. The first-order chi connectivity index (χ1) is 24.9. The lowest BCUT2D eigenvalue weighted by molar-refractivity contribution is 0.473. The largest absolute Gasteiger partial charge is 0.275 e. The molecule has 0 radical (unpaired) electrons. The smallest absolute Gasteiger partial charge is 0.138 e. The second kappa shape index (κ2) is 15.0. The number of nitrogens with zero attached hydrogens (tertiary/aromatic N) is 7. The van der Waals surface area contributed by atoms with Crippen molar-refractivity contribution in [1.82, 2.24) is 29.3 Å². The molecule has 52 heavy (non-hydrogen) atoms. The Labute approximate surface area is 331 Å². The second-order valence-corrected chi connectivity index (χ2v) is 14.6. The third-order valence-electron chi connectivity index (χ3n) is 9.32. The van der Waals surface area contributed by atoms with Crippen molar-refractivity contribution in [1.29, 1.82) is 0 Å². The molecule has 9 rings (SSSR count). The molecule has 0 aliphatic carbocycles. The van der Waals surface area contributed by atoms with Crippen molar-refractivity contribution in [3.63, 3.8) is 0 Å². The van der Waals surface area contributed by atoms with Crippen LogP contribution in [0.5, 0.6) is 0 Å². The first-order valence-corrected chi connectivity index (χ1v) is 18.7. The topological polar surface area (TPSA) is 65.8 Å². The first kappa shape index (κ1) is 35.5. The molecule has 5 aromatic carbocycles. The maximum atomic E-state index is 5.21. The van der Waals surface area contributed by atoms with Gasteiger partial charge in [-0.3, -0.25) is 14.4 Å². The molecule has 4 heterocycles. The third kappa shape index (κ3) is 6.51. The predicted octanol–water partition coefficient (Wildman–Crippen LogP) is 10.3. The molecule has 9 heteroatoms. The van der Waals surface area contributed by atoms with Gasteiger partial charge in [-0.25, -0.2) is 4.68 Å². The minimum absolute atomic E-state index is 0. The zero-order chi connectivity index (χ0) is 35.0. The Balaban J connectivity index is 0.000000207. The van der Waals surface area contributed by atoms with Crippen LogP contribution in [0.25, 0.3) is 33.2 Å². The summed E-state index contributed by atoms with van der Waals surface area (Å²) < 4.78 is 7.94. The molecule has 0 saturated heterocycles. The molecule has 0 spiro atoms. The van der Waals surface area contributed by atoms with Gasteiger partial charge in [-0.05, 0) is 96.8 Å². The lowest BCUT2D eigenvalue weighted by Gasteiger charge is -2.37. The minimum Gasteiger partial charge on any atom is -0.275 e. The lowest BCUT2D eigenvalue weighted by Crippen LogP contribution is -2.38. The summed E-state index contributed by atoms with van der Waals surface area (Å²) in [5, 5.41) is 14.9. The number of halogens is 2. The van der Waals surface area contributed by atoms with Gasteiger partial charge in [0.25, 0.3) is 0 Å². The van der Waals surface area contributed by atoms with Gasteiger partial charge in [-0.2, -0.15) is 15.3 Å². The molecule has 3 aromatic heterocycles. The van der Waals surface area contributed by atoms with E-state index in [4.69, 9.17) is 5.10 Å². The Bertz CT molecular complexity index is 2400. The summed E-state index contributed by atoms with van der Waals surface area (Å²) in [7, 11) is 3.87. The lowest BCUT2D eigenvalue weighted by atomic mass is 9.77. The van der Waals surface area contributed by atoms with Crippen molar-refractivity contribution in [2.75, 3.05) is 0 Å². The maximum absolute atomic E-state index is 5.21. The second-order valence-electron chi connectivity index (χ2n) is 12.5. The molecule has 0 saturated carbocycles. The SMILES string of the molecule is C.Cn1cc(-c2ccc3c(c2)C(I)=NC3)cn1.Cn1cc(-c2ccc3c(c2)c(I)nn3C(c2ccccc2)(c2ccccc2)c2ccccc2)cn1. The van der Waals surface area contributed by atoms with E-state index < -0.39 is 5.54 Å². The minimum atomic E-state index is -0.638. The van der Waals surface area contributed by atoms with E-state index in [0.29, 0.717) is 0 Å². The third-order valence-corrected chi connectivity index (χ3v) is 11.0. The molecule has 1 aliphatic rings. The summed E-state index contributed by atoms with van der Waals surface area (Å²) in [5.41, 5.74) is 11.1. The van der Waals surface area contributed by atoms with E-state index in [2.05, 4.69) is 192 Å². The number of rotatable bonds is 6. The Hall–Kier alpha value is -4.88. The van der Waals surface area contributed by atoms with Crippen molar-refractivity contribution >= 4 is 59.8 Å². The van der Waals surface area contributed by atoms with Crippen LogP contribution in [0, 0.1) is 3.70 Å². The quantitative estimate of drug-likeness (QED) is 0.123. The van der Waals surface area contributed by atoms with E-state index in [9.17, 15) is 0 Å². The monoisotopic (exact) mass is 905 g/mol. The molecule has 7 nitrogen and oxygen atoms in total. The Kier molecular flexibility index (Phi) is 10.2. The van der Waals surface area contributed by atoms with E-state index >= 15 is 0 Å². The van der Waals surface area contributed by atoms with Crippen LogP contribution in [0.3, 0.4) is 0 Å². The van der Waals surface area contributed by atoms with Crippen molar-refractivity contribution in [2.24, 2.45) is 19.1 Å². The molecule has 8 aromatic rings. The average molecular weight is 906 g/mol. The van der Waals surface area contributed by atoms with E-state index in [0.717, 1.165) is 58.2 Å². The van der Waals surface area contributed by atoms with Crippen LogP contribution in [0.15, 0.2) is 157 Å². The summed E-state index contributed by atoms with van der Waals surface area (Å²) in [6, 6.07) is 45.1. The zero-order valence-electron chi connectivity index (χ0n) is 28.0. The number of aromatic nitrogens is 6. The Morgan fingerprint density at radius 1 is 0.596 bits per heavy atom. The molecule has 0 amide bonds. The van der Waals surface area contributed by atoms with Crippen molar-refractivity contribution in [3.05, 3.63) is 184 Å². The van der Waals surface area contributed by atoms with Gasteiger partial charge in [0.15, 0.2) is 0 Å². The molecule has 0 bridgehead atoms. The van der Waals surface area contributed by atoms with Crippen molar-refractivity contribution in [3.8, 4) is 22.3 Å². The summed E-state index contributed by atoms with van der Waals surface area (Å²) in [6.45, 7) is 0.820. The maximum Gasteiger partial charge on any atom is 0.138 e. The molecule has 0 atom stereocenters. The fourth-order valence-corrected chi connectivity index (χ4v) is 8.21. The number of aliphatic imine (C=N–C) groups is 1. The van der Waals surface area contributed by atoms with Gasteiger partial charge in [-0.15, -0.1) is 0 Å². The zero-order valence-corrected chi connectivity index (χ0v) is 32.3. The molecule has 0 fully saturated rings. The average Bonchev–Trinajstić information content (AvgIpc) is 3.97. The summed E-state index contributed by atoms with van der Waals surface area (Å²) in [5.74, 6) is 0. The number of aryl methyl sites for hydroxylation is 2. The van der Waals surface area contributed by atoms with Crippen molar-refractivity contribution in [2.45, 2.75) is 19.5 Å². The summed E-state index contributed by atoms with van der Waals surface area (Å²) in [4.78, 5) is 4.43. The highest BCUT2D eigenvalue weighted by atomic mass is 127. The number of hydrogen-bond donors (Lipinski definition) is 0. The van der Waals surface area contributed by atoms with Crippen LogP contribution in [-0.4, -0.2) is 33.1 Å². The Morgan fingerprint density at radius 3 is 1.60 bits per heavy atom. The standard InChI is InChI=1S/C30H23IN4.C12H10IN3.CH4/c1-34-21-23(20-32-34)22-17-18-28-27(19-22)29(31)33-35(28)30(24-11-5-2-6-12-24,25-13-7-3-8-14-25)26-15-9-4-10-16-26;1-16-7-10(6-15-16)8-2-3-9-5-14-12(13)11(9)4-8;/h2-21H,1H3;2-4,6-7H,5H2,1H3;1H4. The molecular weight excluding hydrogens is 868 g/mol. The van der Waals surface area contributed by atoms with Gasteiger partial charge >= 0.3 is 0 Å².